The molecule has 1 heterocycles. The highest BCUT2D eigenvalue weighted by Gasteiger charge is 2.23. The lowest BCUT2D eigenvalue weighted by Crippen LogP contribution is -2.19. The number of nitrogens with zero attached hydrogens (tertiary/aromatic N) is 1. The van der Waals surface area contributed by atoms with Crippen LogP contribution in [0.3, 0.4) is 0 Å². The fourth-order valence-electron chi connectivity index (χ4n) is 3.66. The van der Waals surface area contributed by atoms with E-state index < -0.39 is 15.8 Å². The fraction of sp³-hybridized carbons (Fsp3) is 0.269. The summed E-state index contributed by atoms with van der Waals surface area (Å²) in [5.74, 6) is 0.168. The van der Waals surface area contributed by atoms with Gasteiger partial charge in [0.1, 0.15) is 11.6 Å². The van der Waals surface area contributed by atoms with Crippen molar-refractivity contribution in [2.24, 2.45) is 7.05 Å². The lowest BCUT2D eigenvalue weighted by Gasteiger charge is -2.24. The van der Waals surface area contributed by atoms with Gasteiger partial charge in [-0.25, -0.2) is 12.8 Å². The Hall–Kier alpha value is -3.39. The third-order valence-electron chi connectivity index (χ3n) is 5.26. The van der Waals surface area contributed by atoms with Gasteiger partial charge in [0.25, 0.3) is 5.56 Å². The molecule has 1 aromatic heterocycles. The number of halogens is 1. The zero-order chi connectivity index (χ0) is 25.3. The third kappa shape index (κ3) is 5.94. The molecule has 0 bridgehead atoms. The second-order valence-corrected chi connectivity index (χ2v) is 11.0. The predicted molar refractivity (Wildman–Crippen MR) is 136 cm³/mol. The summed E-state index contributed by atoms with van der Waals surface area (Å²) >= 11 is 0. The topological polar surface area (TPSA) is 77.4 Å². The highest BCUT2D eigenvalue weighted by atomic mass is 32.2. The molecule has 6 nitrogen and oxygen atoms in total. The molecule has 0 radical (unpaired) electrons. The zero-order valence-corrected chi connectivity index (χ0v) is 21.0. The monoisotopic (exact) mass is 484 g/mol. The maximum atomic E-state index is 14.1. The van der Waals surface area contributed by atoms with Crippen LogP contribution in [0.15, 0.2) is 53.5 Å². The number of methoxy groups -OCH3 is 1. The number of rotatable bonds is 6. The molecule has 0 aliphatic carbocycles. The molecule has 0 fully saturated rings. The summed E-state index contributed by atoms with van der Waals surface area (Å²) in [6.45, 7) is 6.12. The van der Waals surface area contributed by atoms with E-state index in [4.69, 9.17) is 4.74 Å². The lowest BCUT2D eigenvalue weighted by atomic mass is 9.83. The number of hydrogen-bond acceptors (Lipinski definition) is 4. The Labute approximate surface area is 199 Å². The number of aryl methyl sites for hydroxylation is 1. The van der Waals surface area contributed by atoms with Crippen LogP contribution in [0, 0.1) is 5.82 Å². The van der Waals surface area contributed by atoms with E-state index in [1.165, 1.54) is 17.7 Å². The van der Waals surface area contributed by atoms with Gasteiger partial charge in [-0.05, 0) is 46.9 Å². The molecule has 2 aromatic carbocycles. The van der Waals surface area contributed by atoms with Crippen LogP contribution in [0.4, 0.5) is 10.1 Å². The highest BCUT2D eigenvalue weighted by Crippen LogP contribution is 2.38. The Balaban J connectivity index is 2.13. The first-order valence-electron chi connectivity index (χ1n) is 10.6. The number of nitrogens with one attached hydrogen (secondary N) is 1. The number of hydrogen-bond donors (Lipinski definition) is 1. The van der Waals surface area contributed by atoms with E-state index in [0.29, 0.717) is 17.0 Å². The van der Waals surface area contributed by atoms with Crippen molar-refractivity contribution in [3.05, 3.63) is 81.5 Å². The molecule has 34 heavy (non-hydrogen) atoms. The zero-order valence-electron chi connectivity index (χ0n) is 20.1. The summed E-state index contributed by atoms with van der Waals surface area (Å²) in [4.78, 5) is 12.8. The fourth-order valence-corrected chi connectivity index (χ4v) is 4.22. The number of pyridine rings is 1. The van der Waals surface area contributed by atoms with Crippen LogP contribution in [0.25, 0.3) is 23.3 Å². The SMILES string of the molecule is COc1c(C=Cc2ccc(NS(C)(=O)=O)cc2)cc(-c2cc(F)cn(C)c2=O)cc1C(C)(C)C. The van der Waals surface area contributed by atoms with Gasteiger partial charge in [-0.15, -0.1) is 0 Å². The van der Waals surface area contributed by atoms with Crippen molar-refractivity contribution >= 4 is 27.9 Å². The van der Waals surface area contributed by atoms with E-state index in [0.717, 1.165) is 29.1 Å². The molecule has 0 unspecified atom stereocenters. The minimum absolute atomic E-state index is 0.265. The standard InChI is InChI=1S/C26H29FN2O4S/c1-26(2,3)23-14-19(22-15-20(27)16-29(4)25(22)30)13-18(24(23)33-5)10-7-17-8-11-21(12-9-17)28-34(6,31)32/h7-16,28H,1-6H3. The molecule has 180 valence electrons. The average Bonchev–Trinajstić information content (AvgIpc) is 2.73. The maximum Gasteiger partial charge on any atom is 0.258 e. The molecule has 0 spiro atoms. The molecular formula is C26H29FN2O4S. The van der Waals surface area contributed by atoms with E-state index in [2.05, 4.69) is 4.72 Å². The van der Waals surface area contributed by atoms with Gasteiger partial charge in [0.2, 0.25) is 10.0 Å². The number of aromatic nitrogens is 1. The van der Waals surface area contributed by atoms with Gasteiger partial charge in [-0.3, -0.25) is 9.52 Å². The summed E-state index contributed by atoms with van der Waals surface area (Å²) in [5.41, 5.74) is 3.18. The van der Waals surface area contributed by atoms with Gasteiger partial charge >= 0.3 is 0 Å². The summed E-state index contributed by atoms with van der Waals surface area (Å²) in [5, 5.41) is 0. The smallest absolute Gasteiger partial charge is 0.258 e. The van der Waals surface area contributed by atoms with E-state index in [1.54, 1.807) is 37.4 Å². The normalized spacial score (nSPS) is 12.2. The summed E-state index contributed by atoms with van der Waals surface area (Å²) in [7, 11) is -0.241. The first kappa shape index (κ1) is 25.2. The molecule has 8 heteroatoms. The van der Waals surface area contributed by atoms with Crippen molar-refractivity contribution in [3.63, 3.8) is 0 Å². The second-order valence-electron chi connectivity index (χ2n) is 9.21. The minimum Gasteiger partial charge on any atom is -0.496 e. The van der Waals surface area contributed by atoms with Crippen LogP contribution in [0.2, 0.25) is 0 Å². The van der Waals surface area contributed by atoms with Crippen molar-refractivity contribution in [1.29, 1.82) is 0 Å². The van der Waals surface area contributed by atoms with Gasteiger partial charge in [0.15, 0.2) is 0 Å². The van der Waals surface area contributed by atoms with E-state index in [-0.39, 0.29) is 16.5 Å². The van der Waals surface area contributed by atoms with Gasteiger partial charge in [0, 0.05) is 30.1 Å². The Bertz CT molecular complexity index is 1400. The summed E-state index contributed by atoms with van der Waals surface area (Å²) < 4.78 is 46.4. The van der Waals surface area contributed by atoms with Crippen LogP contribution in [0.5, 0.6) is 5.75 Å². The first-order chi connectivity index (χ1) is 15.8. The predicted octanol–water partition coefficient (Wildman–Crippen LogP) is 5.04. The van der Waals surface area contributed by atoms with E-state index in [9.17, 15) is 17.6 Å². The lowest BCUT2D eigenvalue weighted by molar-refractivity contribution is 0.397. The van der Waals surface area contributed by atoms with Crippen molar-refractivity contribution in [3.8, 4) is 16.9 Å². The molecule has 3 rings (SSSR count). The van der Waals surface area contributed by atoms with Crippen molar-refractivity contribution in [2.45, 2.75) is 26.2 Å². The number of anilines is 1. The van der Waals surface area contributed by atoms with Crippen LogP contribution < -0.4 is 15.0 Å². The largest absolute Gasteiger partial charge is 0.496 e. The third-order valence-corrected chi connectivity index (χ3v) is 5.87. The van der Waals surface area contributed by atoms with Gasteiger partial charge in [-0.2, -0.15) is 0 Å². The molecular weight excluding hydrogens is 455 g/mol. The number of ether oxygens (including phenoxy) is 1. The Kier molecular flexibility index (Phi) is 7.02. The minimum atomic E-state index is -3.35. The molecule has 0 amide bonds. The molecule has 1 N–H and O–H groups in total. The van der Waals surface area contributed by atoms with Crippen LogP contribution in [-0.2, 0) is 22.5 Å². The maximum absolute atomic E-state index is 14.1. The van der Waals surface area contributed by atoms with Crippen molar-refractivity contribution in [1.82, 2.24) is 4.57 Å². The van der Waals surface area contributed by atoms with Crippen LogP contribution in [0.1, 0.15) is 37.5 Å². The number of benzene rings is 2. The Morgan fingerprint density at radius 2 is 1.71 bits per heavy atom. The van der Waals surface area contributed by atoms with Crippen molar-refractivity contribution < 1.29 is 17.5 Å². The van der Waals surface area contributed by atoms with Crippen molar-refractivity contribution in [2.75, 3.05) is 18.1 Å². The molecule has 0 saturated carbocycles. The molecule has 0 aliphatic rings. The number of sulfonamides is 1. The second kappa shape index (κ2) is 9.46. The first-order valence-corrected chi connectivity index (χ1v) is 12.5. The summed E-state index contributed by atoms with van der Waals surface area (Å²) in [6.07, 6.45) is 5.98. The molecule has 0 aliphatic heterocycles. The highest BCUT2D eigenvalue weighted by molar-refractivity contribution is 7.92. The van der Waals surface area contributed by atoms with E-state index in [1.807, 2.05) is 39.0 Å². The van der Waals surface area contributed by atoms with Gasteiger partial charge in [0.05, 0.1) is 18.9 Å². The molecule has 0 saturated heterocycles. The van der Waals surface area contributed by atoms with Crippen LogP contribution >= 0.6 is 0 Å². The van der Waals surface area contributed by atoms with Crippen LogP contribution in [-0.4, -0.2) is 26.4 Å². The summed E-state index contributed by atoms with van der Waals surface area (Å²) in [6, 6.07) is 11.8. The van der Waals surface area contributed by atoms with Gasteiger partial charge in [-0.1, -0.05) is 45.1 Å². The Morgan fingerprint density at radius 3 is 2.26 bits per heavy atom. The quantitative estimate of drug-likeness (QED) is 0.498. The average molecular weight is 485 g/mol. The molecule has 3 aromatic rings. The van der Waals surface area contributed by atoms with E-state index >= 15 is 0 Å². The van der Waals surface area contributed by atoms with Gasteiger partial charge < -0.3 is 9.30 Å². The molecule has 0 atom stereocenters. The Morgan fingerprint density at radius 1 is 1.06 bits per heavy atom.